The standard InChI is InChI=1S/C16H28ClN3/c1-5-20(12-8-11-19(3)4)16(13(2)18)14-9-6-7-10-15(14)17/h6-7,9-10,13,16H,5,8,11-12,18H2,1-4H3. The van der Waals surface area contributed by atoms with Crippen molar-refractivity contribution in [2.75, 3.05) is 33.7 Å². The monoisotopic (exact) mass is 297 g/mol. The van der Waals surface area contributed by atoms with Gasteiger partial charge in [-0.05, 0) is 52.2 Å². The van der Waals surface area contributed by atoms with Crippen LogP contribution < -0.4 is 5.73 Å². The van der Waals surface area contributed by atoms with Crippen LogP contribution in [0, 0.1) is 0 Å². The molecule has 0 heterocycles. The average molecular weight is 298 g/mol. The van der Waals surface area contributed by atoms with Crippen LogP contribution in [-0.2, 0) is 0 Å². The van der Waals surface area contributed by atoms with Crippen molar-refractivity contribution in [2.24, 2.45) is 5.73 Å². The first-order chi connectivity index (χ1) is 9.47. The minimum Gasteiger partial charge on any atom is -0.326 e. The molecule has 20 heavy (non-hydrogen) atoms. The van der Waals surface area contributed by atoms with E-state index in [0.29, 0.717) is 0 Å². The van der Waals surface area contributed by atoms with E-state index in [1.807, 2.05) is 18.2 Å². The second-order valence-electron chi connectivity index (χ2n) is 5.61. The van der Waals surface area contributed by atoms with Crippen molar-refractivity contribution in [1.29, 1.82) is 0 Å². The van der Waals surface area contributed by atoms with E-state index in [0.717, 1.165) is 36.6 Å². The van der Waals surface area contributed by atoms with Gasteiger partial charge in [0.2, 0.25) is 0 Å². The van der Waals surface area contributed by atoms with Gasteiger partial charge in [0.15, 0.2) is 0 Å². The first-order valence-electron chi connectivity index (χ1n) is 7.36. The van der Waals surface area contributed by atoms with E-state index in [9.17, 15) is 0 Å². The fourth-order valence-corrected chi connectivity index (χ4v) is 2.86. The zero-order valence-electron chi connectivity index (χ0n) is 13.1. The van der Waals surface area contributed by atoms with Crippen LogP contribution in [0.25, 0.3) is 0 Å². The highest BCUT2D eigenvalue weighted by molar-refractivity contribution is 6.31. The number of rotatable bonds is 8. The van der Waals surface area contributed by atoms with E-state index in [2.05, 4.69) is 43.8 Å². The lowest BCUT2D eigenvalue weighted by atomic mass is 9.98. The molecule has 2 unspecified atom stereocenters. The molecule has 2 atom stereocenters. The van der Waals surface area contributed by atoms with E-state index in [4.69, 9.17) is 17.3 Å². The summed E-state index contributed by atoms with van der Waals surface area (Å²) in [5.74, 6) is 0. The van der Waals surface area contributed by atoms with Gasteiger partial charge in [0.25, 0.3) is 0 Å². The highest BCUT2D eigenvalue weighted by Crippen LogP contribution is 2.29. The third-order valence-electron chi connectivity index (χ3n) is 3.57. The molecular formula is C16H28ClN3. The maximum atomic E-state index is 6.36. The maximum Gasteiger partial charge on any atom is 0.0511 e. The fourth-order valence-electron chi connectivity index (χ4n) is 2.61. The molecule has 0 aliphatic rings. The van der Waals surface area contributed by atoms with Gasteiger partial charge in [-0.1, -0.05) is 36.7 Å². The van der Waals surface area contributed by atoms with Gasteiger partial charge < -0.3 is 10.6 Å². The van der Waals surface area contributed by atoms with Crippen molar-refractivity contribution < 1.29 is 0 Å². The van der Waals surface area contributed by atoms with Crippen LogP contribution in [0.1, 0.15) is 31.9 Å². The normalized spacial score (nSPS) is 14.8. The van der Waals surface area contributed by atoms with Crippen molar-refractivity contribution in [2.45, 2.75) is 32.4 Å². The summed E-state index contributed by atoms with van der Waals surface area (Å²) in [6, 6.07) is 8.26. The lowest BCUT2D eigenvalue weighted by Gasteiger charge is -2.34. The number of benzene rings is 1. The quantitative estimate of drug-likeness (QED) is 0.800. The molecule has 0 radical (unpaired) electrons. The predicted octanol–water partition coefficient (Wildman–Crippen LogP) is 3.00. The van der Waals surface area contributed by atoms with Crippen molar-refractivity contribution in [3.05, 3.63) is 34.9 Å². The summed E-state index contributed by atoms with van der Waals surface area (Å²) in [6.45, 7) is 7.34. The van der Waals surface area contributed by atoms with Crippen molar-refractivity contribution in [1.82, 2.24) is 9.80 Å². The minimum absolute atomic E-state index is 0.0502. The summed E-state index contributed by atoms with van der Waals surface area (Å²) >= 11 is 6.36. The third-order valence-corrected chi connectivity index (χ3v) is 3.92. The number of nitrogens with zero attached hydrogens (tertiary/aromatic N) is 2. The first kappa shape index (κ1) is 17.4. The number of hydrogen-bond acceptors (Lipinski definition) is 3. The summed E-state index contributed by atoms with van der Waals surface area (Å²) in [5.41, 5.74) is 7.37. The predicted molar refractivity (Wildman–Crippen MR) is 88.3 cm³/mol. The highest BCUT2D eigenvalue weighted by Gasteiger charge is 2.24. The van der Waals surface area contributed by atoms with Crippen LogP contribution in [-0.4, -0.2) is 49.6 Å². The molecule has 3 nitrogen and oxygen atoms in total. The zero-order valence-corrected chi connectivity index (χ0v) is 13.9. The van der Waals surface area contributed by atoms with Crippen LogP contribution in [0.5, 0.6) is 0 Å². The molecule has 0 saturated carbocycles. The Kier molecular flexibility index (Phi) is 7.52. The number of halogens is 1. The number of likely N-dealkylation sites (N-methyl/N-ethyl adjacent to an activating group) is 1. The van der Waals surface area contributed by atoms with E-state index >= 15 is 0 Å². The Hall–Kier alpha value is -0.610. The molecule has 0 amide bonds. The Labute approximate surface area is 128 Å². The van der Waals surface area contributed by atoms with Crippen LogP contribution in [0.3, 0.4) is 0 Å². The van der Waals surface area contributed by atoms with Crippen LogP contribution in [0.2, 0.25) is 5.02 Å². The second kappa shape index (κ2) is 8.63. The topological polar surface area (TPSA) is 32.5 Å². The van der Waals surface area contributed by atoms with Crippen molar-refractivity contribution in [3.63, 3.8) is 0 Å². The Morgan fingerprint density at radius 1 is 1.20 bits per heavy atom. The molecule has 1 aromatic carbocycles. The molecule has 0 fully saturated rings. The molecule has 1 aromatic rings. The van der Waals surface area contributed by atoms with E-state index < -0.39 is 0 Å². The minimum atomic E-state index is 0.0502. The second-order valence-corrected chi connectivity index (χ2v) is 6.02. The Morgan fingerprint density at radius 3 is 2.35 bits per heavy atom. The SMILES string of the molecule is CCN(CCCN(C)C)C(c1ccccc1Cl)C(C)N. The van der Waals surface area contributed by atoms with Crippen molar-refractivity contribution in [3.8, 4) is 0 Å². The third kappa shape index (κ3) is 5.06. The van der Waals surface area contributed by atoms with Crippen LogP contribution in [0.15, 0.2) is 24.3 Å². The smallest absolute Gasteiger partial charge is 0.0511 e. The molecule has 0 spiro atoms. The van der Waals surface area contributed by atoms with Gasteiger partial charge in [-0.3, -0.25) is 4.90 Å². The summed E-state index contributed by atoms with van der Waals surface area (Å²) in [7, 11) is 4.21. The van der Waals surface area contributed by atoms with Gasteiger partial charge in [-0.25, -0.2) is 0 Å². The number of nitrogens with two attached hydrogens (primary N) is 1. The van der Waals surface area contributed by atoms with E-state index in [1.54, 1.807) is 0 Å². The molecule has 0 aliphatic carbocycles. The average Bonchev–Trinajstić information content (AvgIpc) is 2.38. The van der Waals surface area contributed by atoms with Gasteiger partial charge in [-0.2, -0.15) is 0 Å². The molecule has 1 rings (SSSR count). The molecule has 0 bridgehead atoms. The zero-order chi connectivity index (χ0) is 15.1. The van der Waals surface area contributed by atoms with Gasteiger partial charge in [0.1, 0.15) is 0 Å². The van der Waals surface area contributed by atoms with Gasteiger partial charge >= 0.3 is 0 Å². The largest absolute Gasteiger partial charge is 0.326 e. The fraction of sp³-hybridized carbons (Fsp3) is 0.625. The lowest BCUT2D eigenvalue weighted by molar-refractivity contribution is 0.177. The highest BCUT2D eigenvalue weighted by atomic mass is 35.5. The summed E-state index contributed by atoms with van der Waals surface area (Å²) < 4.78 is 0. The maximum absolute atomic E-state index is 6.36. The number of hydrogen-bond donors (Lipinski definition) is 1. The molecular weight excluding hydrogens is 270 g/mol. The van der Waals surface area contributed by atoms with Crippen LogP contribution in [0.4, 0.5) is 0 Å². The molecule has 2 N–H and O–H groups in total. The molecule has 0 aliphatic heterocycles. The summed E-state index contributed by atoms with van der Waals surface area (Å²) in [5, 5.41) is 0.806. The van der Waals surface area contributed by atoms with Gasteiger partial charge in [0.05, 0.1) is 6.04 Å². The van der Waals surface area contributed by atoms with Gasteiger partial charge in [0, 0.05) is 17.6 Å². The molecule has 4 heteroatoms. The lowest BCUT2D eigenvalue weighted by Crippen LogP contribution is -2.40. The summed E-state index contributed by atoms with van der Waals surface area (Å²) in [4.78, 5) is 4.64. The van der Waals surface area contributed by atoms with E-state index in [-0.39, 0.29) is 12.1 Å². The van der Waals surface area contributed by atoms with Gasteiger partial charge in [-0.15, -0.1) is 0 Å². The Morgan fingerprint density at radius 2 is 1.85 bits per heavy atom. The van der Waals surface area contributed by atoms with Crippen LogP contribution >= 0.6 is 11.6 Å². The first-order valence-corrected chi connectivity index (χ1v) is 7.74. The van der Waals surface area contributed by atoms with Crippen molar-refractivity contribution >= 4 is 11.6 Å². The Balaban J connectivity index is 2.85. The summed E-state index contributed by atoms with van der Waals surface area (Å²) in [6.07, 6.45) is 1.13. The Bertz CT molecular complexity index is 393. The molecule has 114 valence electrons. The molecule has 0 aromatic heterocycles. The molecule has 0 saturated heterocycles. The van der Waals surface area contributed by atoms with E-state index in [1.165, 1.54) is 0 Å².